The molecule has 0 radical (unpaired) electrons. The molecule has 1 saturated heterocycles. The molecule has 0 spiro atoms. The summed E-state index contributed by atoms with van der Waals surface area (Å²) in [4.78, 5) is 25.5. The van der Waals surface area contributed by atoms with Crippen molar-refractivity contribution in [3.05, 3.63) is 12.4 Å². The number of hydrogen-bond donors (Lipinski definition) is 1. The van der Waals surface area contributed by atoms with Gasteiger partial charge >= 0.3 is 6.09 Å². The molecule has 2 rings (SSSR count). The van der Waals surface area contributed by atoms with Crippen LogP contribution in [0.4, 0.5) is 14.9 Å². The van der Waals surface area contributed by atoms with Crippen molar-refractivity contribution < 1.29 is 18.7 Å². The van der Waals surface area contributed by atoms with Crippen LogP contribution in [0.5, 0.6) is 0 Å². The summed E-state index contributed by atoms with van der Waals surface area (Å²) >= 11 is 0. The second-order valence-electron chi connectivity index (χ2n) is 6.37. The number of anilines is 1. The Morgan fingerprint density at radius 1 is 1.45 bits per heavy atom. The monoisotopic (exact) mass is 312 g/mol. The third-order valence-corrected chi connectivity index (χ3v) is 3.15. The average molecular weight is 312 g/mol. The Morgan fingerprint density at radius 3 is 2.68 bits per heavy atom. The Hall–Kier alpha value is -2.12. The molecule has 1 aliphatic heterocycles. The first-order valence-electron chi connectivity index (χ1n) is 7.09. The number of alkyl halides is 1. The maximum Gasteiger partial charge on any atom is 0.411 e. The van der Waals surface area contributed by atoms with Crippen LogP contribution in [0.3, 0.4) is 0 Å². The number of likely N-dealkylation sites (tertiary alicyclic amines) is 1. The molecule has 2 heterocycles. The summed E-state index contributed by atoms with van der Waals surface area (Å²) < 4.78 is 20.4. The minimum atomic E-state index is -1.24. The minimum Gasteiger partial charge on any atom is -0.444 e. The lowest BCUT2D eigenvalue weighted by molar-refractivity contribution is -0.120. The van der Waals surface area contributed by atoms with Crippen molar-refractivity contribution in [3.8, 4) is 0 Å². The number of nitrogens with one attached hydrogen (secondary N) is 1. The Labute approximate surface area is 128 Å². The predicted molar refractivity (Wildman–Crippen MR) is 78.1 cm³/mol. The van der Waals surface area contributed by atoms with E-state index in [0.29, 0.717) is 5.69 Å². The van der Waals surface area contributed by atoms with Gasteiger partial charge in [-0.2, -0.15) is 5.10 Å². The van der Waals surface area contributed by atoms with E-state index in [1.807, 2.05) is 0 Å². The fraction of sp³-hybridized carbons (Fsp3) is 0.643. The second kappa shape index (κ2) is 5.94. The van der Waals surface area contributed by atoms with E-state index >= 15 is 0 Å². The highest BCUT2D eigenvalue weighted by Crippen LogP contribution is 2.24. The summed E-state index contributed by atoms with van der Waals surface area (Å²) in [5, 5.41) is 6.57. The van der Waals surface area contributed by atoms with Crippen molar-refractivity contribution in [1.29, 1.82) is 0 Å². The van der Waals surface area contributed by atoms with Gasteiger partial charge in [0.1, 0.15) is 17.8 Å². The van der Waals surface area contributed by atoms with Crippen molar-refractivity contribution in [2.45, 2.75) is 45.0 Å². The molecule has 2 unspecified atom stereocenters. The minimum absolute atomic E-state index is 0.0364. The van der Waals surface area contributed by atoms with Crippen LogP contribution in [0.2, 0.25) is 0 Å². The Kier molecular flexibility index (Phi) is 4.39. The van der Waals surface area contributed by atoms with Crippen LogP contribution in [0.15, 0.2) is 12.4 Å². The highest BCUT2D eigenvalue weighted by atomic mass is 19.1. The second-order valence-corrected chi connectivity index (χ2v) is 6.37. The van der Waals surface area contributed by atoms with Gasteiger partial charge in [-0.05, 0) is 20.8 Å². The summed E-state index contributed by atoms with van der Waals surface area (Å²) in [5.74, 6) is -0.445. The summed E-state index contributed by atoms with van der Waals surface area (Å²) in [6.45, 7) is 5.02. The van der Waals surface area contributed by atoms with E-state index in [-0.39, 0.29) is 13.0 Å². The molecule has 0 bridgehead atoms. The highest BCUT2D eigenvalue weighted by molar-refractivity contribution is 5.96. The van der Waals surface area contributed by atoms with Gasteiger partial charge in [-0.25, -0.2) is 9.18 Å². The van der Waals surface area contributed by atoms with Crippen LogP contribution in [-0.4, -0.2) is 51.0 Å². The molecule has 1 aliphatic rings. The molecule has 7 nitrogen and oxygen atoms in total. The van der Waals surface area contributed by atoms with Crippen LogP contribution in [-0.2, 0) is 16.6 Å². The van der Waals surface area contributed by atoms with Crippen molar-refractivity contribution in [2.75, 3.05) is 11.9 Å². The van der Waals surface area contributed by atoms with E-state index in [0.717, 1.165) is 4.90 Å². The van der Waals surface area contributed by atoms with Crippen LogP contribution < -0.4 is 5.32 Å². The number of hydrogen-bond acceptors (Lipinski definition) is 4. The topological polar surface area (TPSA) is 76.5 Å². The van der Waals surface area contributed by atoms with Crippen LogP contribution >= 0.6 is 0 Å². The Morgan fingerprint density at radius 2 is 2.14 bits per heavy atom. The lowest BCUT2D eigenvalue weighted by Crippen LogP contribution is -2.45. The fourth-order valence-electron chi connectivity index (χ4n) is 2.27. The van der Waals surface area contributed by atoms with Crippen LogP contribution in [0.1, 0.15) is 27.2 Å². The molecule has 0 saturated carbocycles. The van der Waals surface area contributed by atoms with E-state index in [1.165, 1.54) is 10.9 Å². The van der Waals surface area contributed by atoms with E-state index in [2.05, 4.69) is 10.4 Å². The van der Waals surface area contributed by atoms with E-state index in [9.17, 15) is 14.0 Å². The van der Waals surface area contributed by atoms with Gasteiger partial charge in [-0.3, -0.25) is 14.4 Å². The van der Waals surface area contributed by atoms with Gasteiger partial charge in [0.05, 0.1) is 18.4 Å². The molecule has 1 aromatic rings. The van der Waals surface area contributed by atoms with E-state index < -0.39 is 29.8 Å². The molecular formula is C14H21FN4O3. The Bertz CT molecular complexity index is 567. The molecular weight excluding hydrogens is 291 g/mol. The van der Waals surface area contributed by atoms with Gasteiger partial charge in [-0.1, -0.05) is 0 Å². The van der Waals surface area contributed by atoms with Crippen molar-refractivity contribution in [1.82, 2.24) is 14.7 Å². The molecule has 0 aromatic carbocycles. The first-order valence-corrected chi connectivity index (χ1v) is 7.09. The standard InChI is InChI=1S/C14H21FN4O3/c1-14(2,3)22-13(21)19-7-9(15)5-11(19)12(20)17-10-6-16-18(4)8-10/h6,8-9,11H,5,7H2,1-4H3,(H,17,20). The zero-order valence-corrected chi connectivity index (χ0v) is 13.2. The number of nitrogens with zero attached hydrogens (tertiary/aromatic N) is 3. The summed E-state index contributed by atoms with van der Waals surface area (Å²) in [7, 11) is 1.72. The first kappa shape index (κ1) is 16.3. The molecule has 0 aliphatic carbocycles. The zero-order chi connectivity index (χ0) is 16.5. The number of ether oxygens (including phenoxy) is 1. The molecule has 1 fully saturated rings. The third kappa shape index (κ3) is 3.96. The Balaban J connectivity index is 2.06. The lowest BCUT2D eigenvalue weighted by atomic mass is 10.2. The molecule has 2 atom stereocenters. The number of halogens is 1. The highest BCUT2D eigenvalue weighted by Gasteiger charge is 2.41. The third-order valence-electron chi connectivity index (χ3n) is 3.15. The maximum atomic E-state index is 13.7. The zero-order valence-electron chi connectivity index (χ0n) is 13.2. The van der Waals surface area contributed by atoms with E-state index in [4.69, 9.17) is 4.74 Å². The first-order chi connectivity index (χ1) is 10.2. The van der Waals surface area contributed by atoms with E-state index in [1.54, 1.807) is 34.0 Å². The smallest absolute Gasteiger partial charge is 0.411 e. The number of amides is 2. The summed E-state index contributed by atoms with van der Waals surface area (Å²) in [5.41, 5.74) is -0.200. The van der Waals surface area contributed by atoms with Gasteiger partial charge in [0.2, 0.25) is 5.91 Å². The summed E-state index contributed by atoms with van der Waals surface area (Å²) in [6.07, 6.45) is 1.15. The number of aromatic nitrogens is 2. The quantitative estimate of drug-likeness (QED) is 0.902. The number of carbonyl (C=O) groups is 2. The predicted octanol–water partition coefficient (Wildman–Crippen LogP) is 1.71. The van der Waals surface area contributed by atoms with Gasteiger partial charge in [-0.15, -0.1) is 0 Å². The molecule has 1 aromatic heterocycles. The normalized spacial score (nSPS) is 21.8. The van der Waals surface area contributed by atoms with Gasteiger partial charge < -0.3 is 10.1 Å². The van der Waals surface area contributed by atoms with Gasteiger partial charge in [0, 0.05) is 19.7 Å². The molecule has 122 valence electrons. The molecule has 22 heavy (non-hydrogen) atoms. The SMILES string of the molecule is Cn1cc(NC(=O)C2CC(F)CN2C(=O)OC(C)(C)C)cn1. The fourth-order valence-corrected chi connectivity index (χ4v) is 2.27. The molecule has 2 amide bonds. The largest absolute Gasteiger partial charge is 0.444 e. The van der Waals surface area contributed by atoms with Crippen molar-refractivity contribution in [2.24, 2.45) is 7.05 Å². The van der Waals surface area contributed by atoms with Crippen LogP contribution in [0.25, 0.3) is 0 Å². The van der Waals surface area contributed by atoms with Gasteiger partial charge in [0.25, 0.3) is 0 Å². The molecule has 8 heteroatoms. The summed E-state index contributed by atoms with van der Waals surface area (Å²) in [6, 6.07) is -0.884. The molecule has 1 N–H and O–H groups in total. The van der Waals surface area contributed by atoms with Gasteiger partial charge in [0.15, 0.2) is 0 Å². The van der Waals surface area contributed by atoms with Crippen molar-refractivity contribution >= 4 is 17.7 Å². The maximum absolute atomic E-state index is 13.7. The number of rotatable bonds is 2. The number of carbonyl (C=O) groups excluding carboxylic acids is 2. The van der Waals surface area contributed by atoms with Crippen molar-refractivity contribution in [3.63, 3.8) is 0 Å². The van der Waals surface area contributed by atoms with Crippen LogP contribution in [0, 0.1) is 0 Å². The number of aryl methyl sites for hydroxylation is 1. The average Bonchev–Trinajstić information content (AvgIpc) is 2.93. The lowest BCUT2D eigenvalue weighted by Gasteiger charge is -2.27.